The monoisotopic (exact) mass is 270 g/mol. The van der Waals surface area contributed by atoms with Crippen LogP contribution in [-0.2, 0) is 6.54 Å². The maximum absolute atomic E-state index is 14.0. The molecule has 0 N–H and O–H groups in total. The smallest absolute Gasteiger partial charge is 0.144 e. The SMILES string of the molecule is C=CCn1c(-c2cc(F)ccc2F)nc2ccccc21. The molecule has 1 aromatic heterocycles. The quantitative estimate of drug-likeness (QED) is 0.653. The van der Waals surface area contributed by atoms with E-state index in [0.717, 1.165) is 29.2 Å². The molecule has 0 aliphatic rings. The molecule has 0 radical (unpaired) electrons. The van der Waals surface area contributed by atoms with Crippen molar-refractivity contribution in [3.05, 3.63) is 66.8 Å². The summed E-state index contributed by atoms with van der Waals surface area (Å²) in [5.41, 5.74) is 1.77. The van der Waals surface area contributed by atoms with E-state index in [1.165, 1.54) is 0 Å². The second kappa shape index (κ2) is 4.89. The Bertz CT molecular complexity index is 790. The number of nitrogens with zero attached hydrogens (tertiary/aromatic N) is 2. The average molecular weight is 270 g/mol. The zero-order valence-electron chi connectivity index (χ0n) is 10.7. The van der Waals surface area contributed by atoms with Gasteiger partial charge in [-0.3, -0.25) is 0 Å². The minimum absolute atomic E-state index is 0.156. The predicted molar refractivity (Wildman–Crippen MR) is 75.3 cm³/mol. The highest BCUT2D eigenvalue weighted by Crippen LogP contribution is 2.27. The summed E-state index contributed by atoms with van der Waals surface area (Å²) in [6, 6.07) is 10.9. The number of hydrogen-bond acceptors (Lipinski definition) is 1. The molecule has 3 aromatic rings. The van der Waals surface area contributed by atoms with E-state index >= 15 is 0 Å². The van der Waals surface area contributed by atoms with Crippen LogP contribution in [0.5, 0.6) is 0 Å². The number of para-hydroxylation sites is 2. The zero-order valence-corrected chi connectivity index (χ0v) is 10.7. The van der Waals surface area contributed by atoms with Crippen LogP contribution in [0.4, 0.5) is 8.78 Å². The summed E-state index contributed by atoms with van der Waals surface area (Å²) in [4.78, 5) is 4.41. The summed E-state index contributed by atoms with van der Waals surface area (Å²) in [5.74, 6) is -0.575. The molecule has 2 nitrogen and oxygen atoms in total. The molecule has 0 aliphatic carbocycles. The second-order valence-electron chi connectivity index (χ2n) is 4.45. The Morgan fingerprint density at radius 1 is 1.15 bits per heavy atom. The molecule has 100 valence electrons. The number of imidazole rings is 1. The number of rotatable bonds is 3. The summed E-state index contributed by atoms with van der Waals surface area (Å²) >= 11 is 0. The van der Waals surface area contributed by atoms with Crippen LogP contribution in [0.3, 0.4) is 0 Å². The second-order valence-corrected chi connectivity index (χ2v) is 4.45. The van der Waals surface area contributed by atoms with Crippen molar-refractivity contribution < 1.29 is 8.78 Å². The maximum atomic E-state index is 14.0. The molecule has 0 fully saturated rings. The van der Waals surface area contributed by atoms with Crippen LogP contribution >= 0.6 is 0 Å². The third-order valence-corrected chi connectivity index (χ3v) is 3.14. The third-order valence-electron chi connectivity index (χ3n) is 3.14. The predicted octanol–water partition coefficient (Wildman–Crippen LogP) is 4.17. The summed E-state index contributed by atoms with van der Waals surface area (Å²) in [6.07, 6.45) is 1.70. The van der Waals surface area contributed by atoms with Gasteiger partial charge in [0.1, 0.15) is 17.5 Å². The van der Waals surface area contributed by atoms with E-state index < -0.39 is 11.6 Å². The Morgan fingerprint density at radius 3 is 2.75 bits per heavy atom. The van der Waals surface area contributed by atoms with Gasteiger partial charge in [0, 0.05) is 6.54 Å². The Morgan fingerprint density at radius 2 is 1.95 bits per heavy atom. The largest absolute Gasteiger partial charge is 0.320 e. The first-order chi connectivity index (χ1) is 9.70. The third kappa shape index (κ3) is 1.99. The van der Waals surface area contributed by atoms with Gasteiger partial charge in [-0.2, -0.15) is 0 Å². The van der Waals surface area contributed by atoms with Crippen molar-refractivity contribution in [1.29, 1.82) is 0 Å². The van der Waals surface area contributed by atoms with Crippen molar-refractivity contribution in [3.63, 3.8) is 0 Å². The van der Waals surface area contributed by atoms with E-state index in [1.807, 2.05) is 28.8 Å². The average Bonchev–Trinajstić information content (AvgIpc) is 2.81. The lowest BCUT2D eigenvalue weighted by molar-refractivity contribution is 0.601. The molecular formula is C16H12F2N2. The fourth-order valence-corrected chi connectivity index (χ4v) is 2.26. The molecule has 4 heteroatoms. The van der Waals surface area contributed by atoms with E-state index in [4.69, 9.17) is 0 Å². The lowest BCUT2D eigenvalue weighted by Gasteiger charge is -2.07. The van der Waals surface area contributed by atoms with Gasteiger partial charge in [-0.15, -0.1) is 6.58 Å². The number of hydrogen-bond donors (Lipinski definition) is 0. The van der Waals surface area contributed by atoms with Gasteiger partial charge >= 0.3 is 0 Å². The number of fused-ring (bicyclic) bond motifs is 1. The van der Waals surface area contributed by atoms with Gasteiger partial charge in [0.05, 0.1) is 16.6 Å². The van der Waals surface area contributed by atoms with Gasteiger partial charge in [0.2, 0.25) is 0 Å². The van der Waals surface area contributed by atoms with Crippen LogP contribution in [0.1, 0.15) is 0 Å². The Labute approximate surface area is 115 Å². The molecule has 0 bridgehead atoms. The number of aromatic nitrogens is 2. The Balaban J connectivity index is 2.32. The van der Waals surface area contributed by atoms with Gasteiger partial charge < -0.3 is 4.57 Å². The van der Waals surface area contributed by atoms with Crippen LogP contribution in [0.25, 0.3) is 22.4 Å². The van der Waals surface area contributed by atoms with E-state index in [-0.39, 0.29) is 5.56 Å². The molecule has 3 rings (SSSR count). The highest BCUT2D eigenvalue weighted by atomic mass is 19.1. The van der Waals surface area contributed by atoms with Crippen molar-refractivity contribution in [3.8, 4) is 11.4 Å². The first-order valence-electron chi connectivity index (χ1n) is 6.22. The maximum Gasteiger partial charge on any atom is 0.144 e. The molecule has 2 aromatic carbocycles. The zero-order chi connectivity index (χ0) is 14.1. The van der Waals surface area contributed by atoms with Crippen molar-refractivity contribution in [2.24, 2.45) is 0 Å². The van der Waals surface area contributed by atoms with Crippen molar-refractivity contribution in [1.82, 2.24) is 9.55 Å². The molecule has 0 spiro atoms. The first-order valence-corrected chi connectivity index (χ1v) is 6.22. The molecule has 0 unspecified atom stereocenters. The van der Waals surface area contributed by atoms with Crippen molar-refractivity contribution in [2.75, 3.05) is 0 Å². The standard InChI is InChI=1S/C16H12F2N2/c1-2-9-20-15-6-4-3-5-14(15)19-16(20)12-10-11(17)7-8-13(12)18/h2-8,10H,1,9H2. The highest BCUT2D eigenvalue weighted by Gasteiger charge is 2.15. The molecule has 0 saturated heterocycles. The minimum Gasteiger partial charge on any atom is -0.320 e. The van der Waals surface area contributed by atoms with E-state index in [9.17, 15) is 8.78 Å². The highest BCUT2D eigenvalue weighted by molar-refractivity contribution is 5.80. The number of halogens is 2. The van der Waals surface area contributed by atoms with Crippen LogP contribution in [-0.4, -0.2) is 9.55 Å². The molecule has 0 amide bonds. The number of allylic oxidation sites excluding steroid dienone is 1. The Kier molecular flexibility index (Phi) is 3.06. The van der Waals surface area contributed by atoms with Crippen LogP contribution < -0.4 is 0 Å². The van der Waals surface area contributed by atoms with Crippen molar-refractivity contribution in [2.45, 2.75) is 6.54 Å². The van der Waals surface area contributed by atoms with Gasteiger partial charge in [-0.1, -0.05) is 18.2 Å². The van der Waals surface area contributed by atoms with Gasteiger partial charge in [-0.25, -0.2) is 13.8 Å². The molecule has 1 heterocycles. The minimum atomic E-state index is -0.494. The Hall–Kier alpha value is -2.49. The first kappa shape index (κ1) is 12.5. The van der Waals surface area contributed by atoms with E-state index in [0.29, 0.717) is 12.4 Å². The van der Waals surface area contributed by atoms with Crippen LogP contribution in [0.15, 0.2) is 55.1 Å². The lowest BCUT2D eigenvalue weighted by atomic mass is 10.2. The summed E-state index contributed by atoms with van der Waals surface area (Å²) < 4.78 is 29.2. The van der Waals surface area contributed by atoms with Gasteiger partial charge in [0.25, 0.3) is 0 Å². The summed E-state index contributed by atoms with van der Waals surface area (Å²) in [7, 11) is 0. The fourth-order valence-electron chi connectivity index (χ4n) is 2.26. The number of benzene rings is 2. The molecule has 20 heavy (non-hydrogen) atoms. The van der Waals surface area contributed by atoms with Crippen molar-refractivity contribution >= 4 is 11.0 Å². The summed E-state index contributed by atoms with van der Waals surface area (Å²) in [6.45, 7) is 4.18. The molecular weight excluding hydrogens is 258 g/mol. The lowest BCUT2D eigenvalue weighted by Crippen LogP contribution is -2.00. The topological polar surface area (TPSA) is 17.8 Å². The molecule has 0 aliphatic heterocycles. The van der Waals surface area contributed by atoms with E-state index in [2.05, 4.69) is 11.6 Å². The van der Waals surface area contributed by atoms with Gasteiger partial charge in [-0.05, 0) is 30.3 Å². The van der Waals surface area contributed by atoms with Crippen LogP contribution in [0, 0.1) is 11.6 Å². The molecule has 0 saturated carbocycles. The van der Waals surface area contributed by atoms with Gasteiger partial charge in [0.15, 0.2) is 0 Å². The normalized spacial score (nSPS) is 10.9. The van der Waals surface area contributed by atoms with E-state index in [1.54, 1.807) is 6.08 Å². The van der Waals surface area contributed by atoms with Crippen LogP contribution in [0.2, 0.25) is 0 Å². The molecule has 0 atom stereocenters. The summed E-state index contributed by atoms with van der Waals surface area (Å²) in [5, 5.41) is 0. The fraction of sp³-hybridized carbons (Fsp3) is 0.0625.